The molecule has 0 spiro atoms. The third-order valence-electron chi connectivity index (χ3n) is 11.0. The van der Waals surface area contributed by atoms with E-state index in [2.05, 4.69) is 159 Å². The van der Waals surface area contributed by atoms with Gasteiger partial charge in [0.15, 0.2) is 5.84 Å². The van der Waals surface area contributed by atoms with E-state index in [0.29, 0.717) is 5.84 Å². The third-order valence-corrected chi connectivity index (χ3v) is 11.0. The number of benzene rings is 7. The van der Waals surface area contributed by atoms with Crippen molar-refractivity contribution in [3.8, 4) is 27.9 Å². The Bertz CT molecular complexity index is 2780. The first-order valence-corrected chi connectivity index (χ1v) is 18.7. The molecule has 0 unspecified atom stereocenters. The van der Waals surface area contributed by atoms with Crippen molar-refractivity contribution in [2.75, 3.05) is 0 Å². The summed E-state index contributed by atoms with van der Waals surface area (Å²) in [5.41, 5.74) is 16.0. The van der Waals surface area contributed by atoms with Crippen LogP contribution < -0.4 is 0 Å². The van der Waals surface area contributed by atoms with E-state index >= 15 is 0 Å². The minimum Gasteiger partial charge on any atom is -0.309 e. The summed E-state index contributed by atoms with van der Waals surface area (Å²) in [6.07, 6.45) is 2.05. The number of aliphatic imine (C=N–C) groups is 2. The van der Waals surface area contributed by atoms with Gasteiger partial charge in [-0.25, -0.2) is 9.98 Å². The highest BCUT2D eigenvalue weighted by atomic mass is 15.0. The molecule has 1 heterocycles. The Balaban J connectivity index is 1.25. The average Bonchev–Trinajstić information content (AvgIpc) is 3.68. The molecule has 3 heteroatoms. The molecule has 54 heavy (non-hydrogen) atoms. The van der Waals surface area contributed by atoms with Crippen LogP contribution in [0.15, 0.2) is 186 Å². The highest BCUT2D eigenvalue weighted by Gasteiger charge is 2.37. The predicted octanol–water partition coefficient (Wildman–Crippen LogP) is 13.1. The van der Waals surface area contributed by atoms with E-state index < -0.39 is 0 Å². The molecule has 1 aliphatic rings. The second-order valence-corrected chi connectivity index (χ2v) is 14.6. The van der Waals surface area contributed by atoms with Crippen molar-refractivity contribution in [2.45, 2.75) is 33.1 Å². The SMILES string of the molecule is C/C=C(/N=C(\N=C(/C)c1cccc(-n2c3ccc(-c4ccccc4)cc3c3ccc4c(c32)-c2ccccc2C4(C)C)c1)c1ccccc1)c1ccccc1. The minimum atomic E-state index is -0.111. The Morgan fingerprint density at radius 1 is 0.556 bits per heavy atom. The number of hydrogen-bond donors (Lipinski definition) is 0. The van der Waals surface area contributed by atoms with Gasteiger partial charge in [-0.3, -0.25) is 0 Å². The fourth-order valence-electron chi connectivity index (χ4n) is 8.22. The van der Waals surface area contributed by atoms with Gasteiger partial charge in [-0.15, -0.1) is 0 Å². The van der Waals surface area contributed by atoms with Gasteiger partial charge in [0.05, 0.1) is 16.7 Å². The van der Waals surface area contributed by atoms with Crippen LogP contribution in [0.2, 0.25) is 0 Å². The molecule has 8 aromatic rings. The summed E-state index contributed by atoms with van der Waals surface area (Å²) in [4.78, 5) is 10.4. The van der Waals surface area contributed by atoms with Crippen LogP contribution in [0.25, 0.3) is 55.4 Å². The van der Waals surface area contributed by atoms with Gasteiger partial charge in [-0.2, -0.15) is 0 Å². The molecule has 0 fully saturated rings. The lowest BCUT2D eigenvalue weighted by molar-refractivity contribution is 0.661. The zero-order chi connectivity index (χ0) is 36.8. The molecule has 260 valence electrons. The molecule has 0 bridgehead atoms. The van der Waals surface area contributed by atoms with Crippen molar-refractivity contribution in [2.24, 2.45) is 9.98 Å². The number of aromatic nitrogens is 1. The maximum absolute atomic E-state index is 5.25. The molecule has 0 saturated carbocycles. The standard InChI is InChI=1S/C51H41N3/c1-5-46(36-20-11-7-12-21-36)53-50(37-22-13-8-14-23-37)52-34(2)38-24-17-25-40(32-38)54-47-31-28-39(35-18-9-6-10-19-35)33-43(47)41-29-30-45-48(49(41)54)42-26-15-16-27-44(42)51(45,3)4/h5-33H,1-4H3/b46-5+,52-34+,53-50-. The fourth-order valence-corrected chi connectivity index (χ4v) is 8.22. The van der Waals surface area contributed by atoms with Crippen molar-refractivity contribution >= 4 is 39.1 Å². The van der Waals surface area contributed by atoms with E-state index in [1.807, 2.05) is 49.4 Å². The van der Waals surface area contributed by atoms with Gasteiger partial charge in [0, 0.05) is 38.7 Å². The van der Waals surface area contributed by atoms with E-state index in [0.717, 1.165) is 33.8 Å². The van der Waals surface area contributed by atoms with Crippen LogP contribution in [0.1, 0.15) is 55.5 Å². The summed E-state index contributed by atoms with van der Waals surface area (Å²) in [7, 11) is 0. The van der Waals surface area contributed by atoms with Gasteiger partial charge in [-0.1, -0.05) is 166 Å². The van der Waals surface area contributed by atoms with E-state index in [1.165, 1.54) is 55.2 Å². The molecule has 1 aliphatic carbocycles. The zero-order valence-corrected chi connectivity index (χ0v) is 31.1. The summed E-state index contributed by atoms with van der Waals surface area (Å²) in [6, 6.07) is 60.6. The molecular formula is C51H41N3. The Morgan fingerprint density at radius 2 is 1.22 bits per heavy atom. The van der Waals surface area contributed by atoms with Crippen LogP contribution in [0, 0.1) is 0 Å². The predicted molar refractivity (Wildman–Crippen MR) is 229 cm³/mol. The van der Waals surface area contributed by atoms with Crippen LogP contribution in [0.4, 0.5) is 0 Å². The first-order chi connectivity index (χ1) is 26.4. The zero-order valence-electron chi connectivity index (χ0n) is 31.1. The van der Waals surface area contributed by atoms with Crippen LogP contribution in [-0.4, -0.2) is 16.1 Å². The van der Waals surface area contributed by atoms with Crippen molar-refractivity contribution in [1.82, 2.24) is 4.57 Å². The Kier molecular flexibility index (Phi) is 8.28. The lowest BCUT2D eigenvalue weighted by Crippen LogP contribution is -2.14. The topological polar surface area (TPSA) is 29.6 Å². The molecule has 7 aromatic carbocycles. The molecular weight excluding hydrogens is 655 g/mol. The average molecular weight is 696 g/mol. The van der Waals surface area contributed by atoms with Gasteiger partial charge in [0.1, 0.15) is 0 Å². The summed E-state index contributed by atoms with van der Waals surface area (Å²) in [5, 5.41) is 2.49. The Hall–Kier alpha value is -6.58. The fraction of sp³-hybridized carbons (Fsp3) is 0.0980. The lowest BCUT2D eigenvalue weighted by Gasteiger charge is -2.21. The molecule has 0 atom stereocenters. The number of hydrogen-bond acceptors (Lipinski definition) is 1. The number of amidine groups is 1. The minimum absolute atomic E-state index is 0.111. The van der Waals surface area contributed by atoms with Crippen LogP contribution in [0.5, 0.6) is 0 Å². The van der Waals surface area contributed by atoms with E-state index in [9.17, 15) is 0 Å². The second-order valence-electron chi connectivity index (χ2n) is 14.6. The van der Waals surface area contributed by atoms with Crippen molar-refractivity contribution in [1.29, 1.82) is 0 Å². The number of fused-ring (bicyclic) bond motifs is 7. The van der Waals surface area contributed by atoms with Crippen LogP contribution in [0.3, 0.4) is 0 Å². The molecule has 0 N–H and O–H groups in total. The van der Waals surface area contributed by atoms with E-state index in [1.54, 1.807) is 0 Å². The quantitative estimate of drug-likeness (QED) is 0.122. The van der Waals surface area contributed by atoms with E-state index in [4.69, 9.17) is 9.98 Å². The van der Waals surface area contributed by atoms with Crippen molar-refractivity contribution < 1.29 is 0 Å². The Morgan fingerprint density at radius 3 is 1.96 bits per heavy atom. The normalized spacial score (nSPS) is 14.0. The third kappa shape index (κ3) is 5.61. The summed E-state index contributed by atoms with van der Waals surface area (Å²) < 4.78 is 2.48. The molecule has 9 rings (SSSR count). The number of rotatable bonds is 6. The summed E-state index contributed by atoms with van der Waals surface area (Å²) in [6.45, 7) is 8.82. The maximum atomic E-state index is 5.25. The van der Waals surface area contributed by atoms with Gasteiger partial charge in [0.25, 0.3) is 0 Å². The molecule has 0 saturated heterocycles. The first-order valence-electron chi connectivity index (χ1n) is 18.7. The van der Waals surface area contributed by atoms with Crippen molar-refractivity contribution in [3.05, 3.63) is 204 Å². The second kappa shape index (κ2) is 13.4. The first kappa shape index (κ1) is 33.3. The summed E-state index contributed by atoms with van der Waals surface area (Å²) in [5.74, 6) is 0.678. The number of nitrogens with zero attached hydrogens (tertiary/aromatic N) is 3. The highest BCUT2D eigenvalue weighted by Crippen LogP contribution is 2.53. The number of allylic oxidation sites excluding steroid dienone is 1. The van der Waals surface area contributed by atoms with Crippen molar-refractivity contribution in [3.63, 3.8) is 0 Å². The Labute approximate surface area is 317 Å². The molecule has 0 amide bonds. The largest absolute Gasteiger partial charge is 0.309 e. The monoisotopic (exact) mass is 695 g/mol. The van der Waals surface area contributed by atoms with Gasteiger partial charge < -0.3 is 4.57 Å². The van der Waals surface area contributed by atoms with E-state index in [-0.39, 0.29) is 5.41 Å². The molecule has 0 radical (unpaired) electrons. The van der Waals surface area contributed by atoms with Gasteiger partial charge >= 0.3 is 0 Å². The highest BCUT2D eigenvalue weighted by molar-refractivity contribution is 6.17. The van der Waals surface area contributed by atoms with Crippen LogP contribution >= 0.6 is 0 Å². The van der Waals surface area contributed by atoms with Gasteiger partial charge in [-0.05, 0) is 77.1 Å². The smallest absolute Gasteiger partial charge is 0.160 e. The lowest BCUT2D eigenvalue weighted by atomic mass is 9.82. The maximum Gasteiger partial charge on any atom is 0.160 e. The molecule has 1 aromatic heterocycles. The van der Waals surface area contributed by atoms with Crippen LogP contribution in [-0.2, 0) is 5.41 Å². The summed E-state index contributed by atoms with van der Waals surface area (Å²) >= 11 is 0. The molecule has 0 aliphatic heterocycles. The van der Waals surface area contributed by atoms with Gasteiger partial charge in [0.2, 0.25) is 0 Å². The molecule has 3 nitrogen and oxygen atoms in total.